The molecular weight excluding hydrogens is 226 g/mol. The third-order valence-corrected chi connectivity index (χ3v) is 3.01. The van der Waals surface area contributed by atoms with Gasteiger partial charge in [0, 0.05) is 24.5 Å². The average Bonchev–Trinajstić information content (AvgIpc) is 2.17. The quantitative estimate of drug-likeness (QED) is 0.732. The van der Waals surface area contributed by atoms with Gasteiger partial charge in [0.15, 0.2) is 0 Å². The topological polar surface area (TPSA) is 89.4 Å². The molecule has 0 saturated heterocycles. The highest BCUT2D eigenvalue weighted by molar-refractivity contribution is 7.89. The number of sulfonamides is 1. The zero-order valence-corrected chi connectivity index (χ0v) is 10.1. The molecule has 5 nitrogen and oxygen atoms in total. The lowest BCUT2D eigenvalue weighted by Gasteiger charge is -2.22. The first-order chi connectivity index (χ1) is 7.42. The van der Waals surface area contributed by atoms with Gasteiger partial charge in [0.05, 0.1) is 5.75 Å². The van der Waals surface area contributed by atoms with E-state index in [9.17, 15) is 8.42 Å². The molecular formula is C10H17N3O2S. The molecule has 0 aliphatic heterocycles. The van der Waals surface area contributed by atoms with Gasteiger partial charge < -0.3 is 10.6 Å². The summed E-state index contributed by atoms with van der Waals surface area (Å²) >= 11 is 0. The van der Waals surface area contributed by atoms with Crippen LogP contribution >= 0.6 is 0 Å². The number of primary sulfonamides is 1. The zero-order valence-electron chi connectivity index (χ0n) is 9.26. The van der Waals surface area contributed by atoms with Crippen molar-refractivity contribution >= 4 is 21.4 Å². The summed E-state index contributed by atoms with van der Waals surface area (Å²) in [5.41, 5.74) is 7.23. The monoisotopic (exact) mass is 243 g/mol. The summed E-state index contributed by atoms with van der Waals surface area (Å²) in [6, 6.07) is 7.33. The molecule has 0 unspecified atom stereocenters. The van der Waals surface area contributed by atoms with E-state index in [2.05, 4.69) is 0 Å². The summed E-state index contributed by atoms with van der Waals surface area (Å²) in [6.07, 6.45) is 0. The van der Waals surface area contributed by atoms with E-state index in [0.29, 0.717) is 18.8 Å². The molecule has 0 aromatic heterocycles. The largest absolute Gasteiger partial charge is 0.399 e. The van der Waals surface area contributed by atoms with E-state index in [-0.39, 0.29) is 5.75 Å². The molecule has 16 heavy (non-hydrogen) atoms. The molecule has 0 atom stereocenters. The van der Waals surface area contributed by atoms with E-state index in [1.807, 2.05) is 30.0 Å². The second-order valence-electron chi connectivity index (χ2n) is 3.54. The minimum Gasteiger partial charge on any atom is -0.399 e. The van der Waals surface area contributed by atoms with Gasteiger partial charge in [-0.05, 0) is 25.1 Å². The van der Waals surface area contributed by atoms with Gasteiger partial charge in [-0.25, -0.2) is 13.6 Å². The van der Waals surface area contributed by atoms with E-state index in [4.69, 9.17) is 10.9 Å². The molecule has 0 aliphatic rings. The van der Waals surface area contributed by atoms with Crippen molar-refractivity contribution in [2.45, 2.75) is 6.92 Å². The zero-order chi connectivity index (χ0) is 12.2. The summed E-state index contributed by atoms with van der Waals surface area (Å²) < 4.78 is 21.8. The van der Waals surface area contributed by atoms with Crippen LogP contribution < -0.4 is 15.8 Å². The molecule has 0 amide bonds. The van der Waals surface area contributed by atoms with Crippen LogP contribution in [0.15, 0.2) is 24.3 Å². The van der Waals surface area contributed by atoms with E-state index < -0.39 is 10.0 Å². The van der Waals surface area contributed by atoms with Crippen molar-refractivity contribution < 1.29 is 8.42 Å². The van der Waals surface area contributed by atoms with Gasteiger partial charge in [-0.3, -0.25) is 0 Å². The SMILES string of the molecule is CCN(CCS(N)(=O)=O)c1cccc(N)c1. The maximum absolute atomic E-state index is 10.9. The van der Waals surface area contributed by atoms with Crippen LogP contribution in [0.25, 0.3) is 0 Å². The third kappa shape index (κ3) is 4.08. The third-order valence-electron chi connectivity index (χ3n) is 2.26. The Morgan fingerprint density at radius 3 is 2.56 bits per heavy atom. The first kappa shape index (κ1) is 12.8. The van der Waals surface area contributed by atoms with Crippen molar-refractivity contribution in [1.82, 2.24) is 0 Å². The molecule has 0 aliphatic carbocycles. The fourth-order valence-corrected chi connectivity index (χ4v) is 1.90. The lowest BCUT2D eigenvalue weighted by atomic mass is 10.2. The number of nitrogens with two attached hydrogens (primary N) is 2. The number of benzene rings is 1. The Kier molecular flexibility index (Phi) is 4.14. The Morgan fingerprint density at radius 1 is 1.38 bits per heavy atom. The molecule has 90 valence electrons. The Hall–Kier alpha value is -1.27. The van der Waals surface area contributed by atoms with Gasteiger partial charge in [-0.2, -0.15) is 0 Å². The van der Waals surface area contributed by atoms with Crippen LogP contribution in [0.2, 0.25) is 0 Å². The first-order valence-corrected chi connectivity index (χ1v) is 6.75. The van der Waals surface area contributed by atoms with E-state index >= 15 is 0 Å². The Labute approximate surface area is 96.1 Å². The van der Waals surface area contributed by atoms with Gasteiger partial charge in [-0.15, -0.1) is 0 Å². The lowest BCUT2D eigenvalue weighted by molar-refractivity contribution is 0.596. The summed E-state index contributed by atoms with van der Waals surface area (Å²) in [5, 5.41) is 4.97. The van der Waals surface area contributed by atoms with Crippen molar-refractivity contribution in [1.29, 1.82) is 0 Å². The highest BCUT2D eigenvalue weighted by Gasteiger charge is 2.08. The molecule has 6 heteroatoms. The van der Waals surface area contributed by atoms with E-state index in [1.54, 1.807) is 6.07 Å². The number of anilines is 2. The van der Waals surface area contributed by atoms with Crippen molar-refractivity contribution in [3.63, 3.8) is 0 Å². The van der Waals surface area contributed by atoms with Crippen molar-refractivity contribution in [3.8, 4) is 0 Å². The van der Waals surface area contributed by atoms with Gasteiger partial charge >= 0.3 is 0 Å². The van der Waals surface area contributed by atoms with Gasteiger partial charge in [-0.1, -0.05) is 6.07 Å². The van der Waals surface area contributed by atoms with Gasteiger partial charge in [0.1, 0.15) is 0 Å². The number of nitrogens with zero attached hydrogens (tertiary/aromatic N) is 1. The second-order valence-corrected chi connectivity index (χ2v) is 5.28. The van der Waals surface area contributed by atoms with Crippen LogP contribution in [-0.2, 0) is 10.0 Å². The average molecular weight is 243 g/mol. The fraction of sp³-hybridized carbons (Fsp3) is 0.400. The molecule has 0 spiro atoms. The highest BCUT2D eigenvalue weighted by atomic mass is 32.2. The predicted octanol–water partition coefficient (Wildman–Crippen LogP) is 0.384. The van der Waals surface area contributed by atoms with Crippen LogP contribution in [0, 0.1) is 0 Å². The number of hydrogen-bond acceptors (Lipinski definition) is 4. The molecule has 0 bridgehead atoms. The molecule has 1 rings (SSSR count). The molecule has 4 N–H and O–H groups in total. The second kappa shape index (κ2) is 5.18. The van der Waals surface area contributed by atoms with Gasteiger partial charge in [0.2, 0.25) is 10.0 Å². The molecule has 0 saturated carbocycles. The highest BCUT2D eigenvalue weighted by Crippen LogP contribution is 2.16. The summed E-state index contributed by atoms with van der Waals surface area (Å²) in [6.45, 7) is 3.03. The number of hydrogen-bond donors (Lipinski definition) is 2. The number of nitrogen functional groups attached to an aromatic ring is 1. The van der Waals surface area contributed by atoms with Crippen molar-refractivity contribution in [2.24, 2.45) is 5.14 Å². The van der Waals surface area contributed by atoms with Crippen molar-refractivity contribution in [3.05, 3.63) is 24.3 Å². The Morgan fingerprint density at radius 2 is 2.06 bits per heavy atom. The minimum absolute atomic E-state index is 0.0599. The standard InChI is InChI=1S/C10H17N3O2S/c1-2-13(6-7-16(12,14)15)10-5-3-4-9(11)8-10/h3-5,8H,2,6-7,11H2,1H3,(H2,12,14,15). The van der Waals surface area contributed by atoms with Crippen LogP contribution in [0.3, 0.4) is 0 Å². The lowest BCUT2D eigenvalue weighted by Crippen LogP contribution is -2.31. The van der Waals surface area contributed by atoms with Crippen LogP contribution in [0.1, 0.15) is 6.92 Å². The van der Waals surface area contributed by atoms with Gasteiger partial charge in [0.25, 0.3) is 0 Å². The van der Waals surface area contributed by atoms with Crippen molar-refractivity contribution in [2.75, 3.05) is 29.5 Å². The molecule has 0 radical (unpaired) electrons. The molecule has 1 aromatic carbocycles. The Bertz CT molecular complexity index is 445. The molecule has 0 fully saturated rings. The van der Waals surface area contributed by atoms with E-state index in [0.717, 1.165) is 5.69 Å². The van der Waals surface area contributed by atoms with Crippen LogP contribution in [0.5, 0.6) is 0 Å². The smallest absolute Gasteiger partial charge is 0.210 e. The van der Waals surface area contributed by atoms with E-state index in [1.165, 1.54) is 0 Å². The fourth-order valence-electron chi connectivity index (χ4n) is 1.43. The summed E-state index contributed by atoms with van der Waals surface area (Å²) in [7, 11) is -3.42. The normalized spacial score (nSPS) is 11.4. The maximum atomic E-state index is 10.9. The predicted molar refractivity (Wildman–Crippen MR) is 66.7 cm³/mol. The Balaban J connectivity index is 2.75. The molecule has 1 aromatic rings. The summed E-state index contributed by atoms with van der Waals surface area (Å²) in [5.74, 6) is -0.0599. The summed E-state index contributed by atoms with van der Waals surface area (Å²) in [4.78, 5) is 1.92. The number of rotatable bonds is 5. The first-order valence-electron chi connectivity index (χ1n) is 5.03. The van der Waals surface area contributed by atoms with Crippen LogP contribution in [-0.4, -0.2) is 27.3 Å². The van der Waals surface area contributed by atoms with Crippen LogP contribution in [0.4, 0.5) is 11.4 Å². The molecule has 0 heterocycles. The minimum atomic E-state index is -3.42. The maximum Gasteiger partial charge on any atom is 0.210 e.